The van der Waals surface area contributed by atoms with E-state index in [1.54, 1.807) is 56.3 Å². The van der Waals surface area contributed by atoms with Gasteiger partial charge in [0.1, 0.15) is 0 Å². The fourth-order valence-electron chi connectivity index (χ4n) is 4.36. The third-order valence-electron chi connectivity index (χ3n) is 5.94. The molecule has 1 heterocycles. The van der Waals surface area contributed by atoms with Crippen LogP contribution in [0.3, 0.4) is 0 Å². The number of nitrogens with zero attached hydrogens (tertiary/aromatic N) is 2. The molecule has 39 heavy (non-hydrogen) atoms. The van der Waals surface area contributed by atoms with Gasteiger partial charge in [-0.05, 0) is 73.5 Å². The molecule has 0 amide bonds. The van der Waals surface area contributed by atoms with Crippen LogP contribution in [0.15, 0.2) is 77.7 Å². The Balaban J connectivity index is 2.20. The first-order chi connectivity index (χ1) is 18.6. The van der Waals surface area contributed by atoms with Crippen LogP contribution in [0, 0.1) is 18.3 Å². The van der Waals surface area contributed by atoms with Crippen molar-refractivity contribution in [3.8, 4) is 6.07 Å². The van der Waals surface area contributed by atoms with E-state index >= 15 is 0 Å². The van der Waals surface area contributed by atoms with Crippen molar-refractivity contribution < 1.29 is 27.0 Å². The first kappa shape index (κ1) is 28.3. The number of hydrogen-bond acceptors (Lipinski definition) is 7. The molecule has 0 N–H and O–H groups in total. The Morgan fingerprint density at radius 1 is 1.13 bits per heavy atom. The van der Waals surface area contributed by atoms with Crippen LogP contribution in [0.25, 0.3) is 17.0 Å². The van der Waals surface area contributed by atoms with Crippen molar-refractivity contribution in [2.24, 2.45) is 0 Å². The lowest BCUT2D eigenvalue weighted by Crippen LogP contribution is -2.28. The molecule has 4 rings (SSSR count). The number of carbonyl (C=O) groups excluding carboxylic acids is 1. The number of ether oxygens (including phenoxy) is 1. The summed E-state index contributed by atoms with van der Waals surface area (Å²) in [5.41, 5.74) is 0.911. The van der Waals surface area contributed by atoms with Crippen LogP contribution in [-0.2, 0) is 23.8 Å². The monoisotopic (exact) mass is 582 g/mol. The van der Waals surface area contributed by atoms with Crippen LogP contribution < -0.4 is 10.6 Å². The van der Waals surface area contributed by atoms with E-state index in [0.29, 0.717) is 11.1 Å². The zero-order valence-electron chi connectivity index (χ0n) is 21.3. The van der Waals surface area contributed by atoms with Crippen molar-refractivity contribution in [1.82, 2.24) is 3.97 Å². The minimum Gasteiger partial charge on any atom is -0.461 e. The van der Waals surface area contributed by atoms with Crippen LogP contribution >= 0.6 is 19.0 Å². The molecule has 0 saturated heterocycles. The van der Waals surface area contributed by atoms with Gasteiger partial charge >= 0.3 is 5.97 Å². The summed E-state index contributed by atoms with van der Waals surface area (Å²) in [5, 5.41) is 9.41. The van der Waals surface area contributed by atoms with Gasteiger partial charge < -0.3 is 9.26 Å². The molecule has 0 aliphatic carbocycles. The third kappa shape index (κ3) is 5.17. The average molecular weight is 583 g/mol. The predicted octanol–water partition coefficient (Wildman–Crippen LogP) is 5.43. The van der Waals surface area contributed by atoms with E-state index in [1.165, 1.54) is 43.5 Å². The molecule has 1 aromatic heterocycles. The molecule has 3 aromatic carbocycles. The van der Waals surface area contributed by atoms with Crippen molar-refractivity contribution in [3.63, 3.8) is 0 Å². The van der Waals surface area contributed by atoms with Gasteiger partial charge in [-0.15, -0.1) is 0 Å². The molecule has 0 spiro atoms. The molecule has 0 aliphatic rings. The standard InChI is InChI=1S/C28H24ClN2O6PS/c1-4-37-28(32)26-27(38(33,36-3)22-16-19(2)15-20(17-22)9-8-14-30)24-18-21(29)12-13-25(24)31(26)39(34,35)23-10-6-5-7-11-23/h5-13,15-18H,4H2,1-3H3/b9-8+. The van der Waals surface area contributed by atoms with Crippen molar-refractivity contribution in [3.05, 3.63) is 94.6 Å². The van der Waals surface area contributed by atoms with Gasteiger partial charge in [0, 0.05) is 28.9 Å². The molecule has 0 radical (unpaired) electrons. The number of fused-ring (bicyclic) bond motifs is 1. The maximum Gasteiger partial charge on any atom is 0.356 e. The number of benzene rings is 3. The maximum absolute atomic E-state index is 14.9. The average Bonchev–Trinajstić information content (AvgIpc) is 3.27. The minimum atomic E-state index is -4.38. The topological polar surface area (TPSA) is 115 Å². The normalized spacial score (nSPS) is 13.3. The molecule has 8 nitrogen and oxygen atoms in total. The van der Waals surface area contributed by atoms with Crippen LogP contribution in [-0.4, -0.2) is 32.1 Å². The van der Waals surface area contributed by atoms with Crippen LogP contribution in [0.2, 0.25) is 5.02 Å². The SMILES string of the molecule is CCOC(=O)c1c(P(=O)(OC)c2cc(C)cc(/C=C/C#N)c2)c2cc(Cl)ccc2n1S(=O)(=O)c1ccccc1. The van der Waals surface area contributed by atoms with Gasteiger partial charge in [-0.1, -0.05) is 35.9 Å². The Morgan fingerprint density at radius 3 is 2.49 bits per heavy atom. The number of nitriles is 1. The highest BCUT2D eigenvalue weighted by molar-refractivity contribution is 7.90. The van der Waals surface area contributed by atoms with Gasteiger partial charge in [-0.25, -0.2) is 17.2 Å². The Bertz CT molecular complexity index is 1810. The molecular formula is C28H24ClN2O6PS. The van der Waals surface area contributed by atoms with E-state index in [9.17, 15) is 17.8 Å². The van der Waals surface area contributed by atoms with Crippen molar-refractivity contribution in [2.45, 2.75) is 18.7 Å². The number of halogens is 1. The number of hydrogen-bond donors (Lipinski definition) is 0. The zero-order valence-corrected chi connectivity index (χ0v) is 23.8. The fourth-order valence-corrected chi connectivity index (χ4v) is 8.45. The molecular weight excluding hydrogens is 559 g/mol. The number of rotatable bonds is 8. The fraction of sp³-hybridized carbons (Fsp3) is 0.143. The largest absolute Gasteiger partial charge is 0.461 e. The molecule has 200 valence electrons. The molecule has 1 atom stereocenters. The second-order valence-electron chi connectivity index (χ2n) is 8.46. The lowest BCUT2D eigenvalue weighted by molar-refractivity contribution is 0.0520. The number of carbonyl (C=O) groups is 1. The molecule has 0 aliphatic heterocycles. The van der Waals surface area contributed by atoms with Crippen LogP contribution in [0.1, 0.15) is 28.5 Å². The van der Waals surface area contributed by atoms with Gasteiger partial charge in [0.2, 0.25) is 0 Å². The highest BCUT2D eigenvalue weighted by Crippen LogP contribution is 2.49. The Kier molecular flexibility index (Phi) is 8.15. The van der Waals surface area contributed by atoms with Crippen molar-refractivity contribution in [1.29, 1.82) is 5.26 Å². The molecule has 0 fully saturated rings. The Morgan fingerprint density at radius 2 is 1.85 bits per heavy atom. The lowest BCUT2D eigenvalue weighted by Gasteiger charge is -2.20. The highest BCUT2D eigenvalue weighted by atomic mass is 35.5. The summed E-state index contributed by atoms with van der Waals surface area (Å²) in [6, 6.07) is 18.9. The molecule has 1 unspecified atom stereocenters. The minimum absolute atomic E-state index is 0.0588. The van der Waals surface area contributed by atoms with Gasteiger partial charge in [0.15, 0.2) is 5.69 Å². The summed E-state index contributed by atoms with van der Waals surface area (Å²) in [6.07, 6.45) is 2.82. The van der Waals surface area contributed by atoms with E-state index in [-0.39, 0.29) is 38.0 Å². The van der Waals surface area contributed by atoms with Crippen LogP contribution in [0.5, 0.6) is 0 Å². The number of aromatic nitrogens is 1. The predicted molar refractivity (Wildman–Crippen MR) is 152 cm³/mol. The third-order valence-corrected chi connectivity index (χ3v) is 10.4. The smallest absolute Gasteiger partial charge is 0.356 e. The quantitative estimate of drug-likeness (QED) is 0.154. The van der Waals surface area contributed by atoms with E-state index in [0.717, 1.165) is 3.97 Å². The van der Waals surface area contributed by atoms with E-state index < -0.39 is 29.1 Å². The highest BCUT2D eigenvalue weighted by Gasteiger charge is 2.41. The Labute approximate surface area is 231 Å². The summed E-state index contributed by atoms with van der Waals surface area (Å²) in [6.45, 7) is 3.30. The summed E-state index contributed by atoms with van der Waals surface area (Å²) in [4.78, 5) is 13.4. The zero-order chi connectivity index (χ0) is 28.4. The van der Waals surface area contributed by atoms with Crippen molar-refractivity contribution >= 4 is 62.6 Å². The molecule has 4 aromatic rings. The van der Waals surface area contributed by atoms with E-state index in [4.69, 9.17) is 26.1 Å². The number of allylic oxidation sites excluding steroid dienone is 1. The molecule has 0 bridgehead atoms. The molecule has 0 saturated carbocycles. The van der Waals surface area contributed by atoms with Crippen LogP contribution in [0.4, 0.5) is 0 Å². The first-order valence-corrected chi connectivity index (χ1v) is 15.2. The van der Waals surface area contributed by atoms with Crippen molar-refractivity contribution in [2.75, 3.05) is 13.7 Å². The van der Waals surface area contributed by atoms with E-state index in [2.05, 4.69) is 0 Å². The lowest BCUT2D eigenvalue weighted by atomic mass is 10.1. The van der Waals surface area contributed by atoms with Gasteiger partial charge in [0.05, 0.1) is 28.4 Å². The summed E-state index contributed by atoms with van der Waals surface area (Å²) >= 11 is 6.33. The van der Waals surface area contributed by atoms with Gasteiger partial charge in [-0.3, -0.25) is 4.57 Å². The second kappa shape index (κ2) is 11.2. The van der Waals surface area contributed by atoms with E-state index in [1.807, 2.05) is 6.07 Å². The number of esters is 1. The summed E-state index contributed by atoms with van der Waals surface area (Å²) < 4.78 is 54.8. The molecule has 11 heteroatoms. The van der Waals surface area contributed by atoms with Gasteiger partial charge in [0.25, 0.3) is 17.4 Å². The second-order valence-corrected chi connectivity index (χ2v) is 13.1. The summed E-state index contributed by atoms with van der Waals surface area (Å²) in [5.74, 6) is -0.992. The first-order valence-electron chi connectivity index (χ1n) is 11.7. The summed E-state index contributed by atoms with van der Waals surface area (Å²) in [7, 11) is -7.33. The van der Waals surface area contributed by atoms with Gasteiger partial charge in [-0.2, -0.15) is 5.26 Å². The maximum atomic E-state index is 14.9. The number of aryl methyl sites for hydroxylation is 1. The Hall–Kier alpha value is -3.67.